The van der Waals surface area contributed by atoms with Crippen molar-refractivity contribution >= 4 is 11.0 Å². The van der Waals surface area contributed by atoms with Gasteiger partial charge in [-0.3, -0.25) is 9.78 Å². The van der Waals surface area contributed by atoms with Gasteiger partial charge in [-0.15, -0.1) is 0 Å². The molecule has 0 unspecified atom stereocenters. The highest BCUT2D eigenvalue weighted by molar-refractivity contribution is 5.78. The van der Waals surface area contributed by atoms with E-state index in [-0.39, 0.29) is 29.1 Å². The molecule has 4 rings (SSSR count). The average Bonchev–Trinajstić information content (AvgIpc) is 3.39. The fourth-order valence-corrected chi connectivity index (χ4v) is 3.39. The molecule has 0 aliphatic heterocycles. The van der Waals surface area contributed by atoms with Gasteiger partial charge in [-0.05, 0) is 36.5 Å². The number of aromatic nitrogens is 4. The van der Waals surface area contributed by atoms with Crippen molar-refractivity contribution in [2.45, 2.75) is 31.5 Å². The molecule has 0 bridgehead atoms. The number of aromatic amines is 1. The van der Waals surface area contributed by atoms with Gasteiger partial charge in [0.05, 0.1) is 29.8 Å². The first-order valence-electron chi connectivity index (χ1n) is 8.54. The van der Waals surface area contributed by atoms with Crippen LogP contribution in [0, 0.1) is 17.2 Å². The van der Waals surface area contributed by atoms with Crippen molar-refractivity contribution in [2.75, 3.05) is 0 Å². The molecule has 0 saturated heterocycles. The van der Waals surface area contributed by atoms with Gasteiger partial charge in [-0.2, -0.15) is 28.5 Å². The quantitative estimate of drug-likeness (QED) is 0.713. The number of hydrogen-bond donors (Lipinski definition) is 2. The van der Waals surface area contributed by atoms with E-state index in [2.05, 4.69) is 15.1 Å². The van der Waals surface area contributed by atoms with E-state index in [4.69, 9.17) is 5.26 Å². The lowest BCUT2D eigenvalue weighted by Gasteiger charge is -2.19. The lowest BCUT2D eigenvalue weighted by atomic mass is 10.0. The molecule has 1 aliphatic carbocycles. The van der Waals surface area contributed by atoms with E-state index in [9.17, 15) is 23.1 Å². The first kappa shape index (κ1) is 18.0. The standard InChI is InChI=1S/C18H14F3N5O2/c19-18(20,21)11-5-3-10(4-6-11)14(9-1-2-9)26-15-13(12(25-26)7-8-22)16(27)24-17(28)23-15/h3-6,9,14H,1-2,7H2,(H2,23,24,27,28)/t14-/m0/s1. The van der Waals surface area contributed by atoms with E-state index in [1.807, 2.05) is 6.07 Å². The molecule has 28 heavy (non-hydrogen) atoms. The predicted molar refractivity (Wildman–Crippen MR) is 91.4 cm³/mol. The molecule has 3 aromatic rings. The summed E-state index contributed by atoms with van der Waals surface area (Å²) in [6.45, 7) is 0. The van der Waals surface area contributed by atoms with Crippen LogP contribution in [-0.2, 0) is 12.6 Å². The Morgan fingerprint density at radius 1 is 1.32 bits per heavy atom. The molecule has 7 nitrogen and oxygen atoms in total. The molecule has 0 amide bonds. The number of H-pyrrole nitrogens is 1. The lowest BCUT2D eigenvalue weighted by Crippen LogP contribution is -2.16. The van der Waals surface area contributed by atoms with Crippen LogP contribution in [0.5, 0.6) is 6.01 Å². The number of nitrogens with zero attached hydrogens (tertiary/aromatic N) is 4. The molecule has 1 saturated carbocycles. The number of hydrogen-bond acceptors (Lipinski definition) is 5. The van der Waals surface area contributed by atoms with Crippen LogP contribution >= 0.6 is 0 Å². The Balaban J connectivity index is 1.89. The van der Waals surface area contributed by atoms with Gasteiger partial charge < -0.3 is 5.11 Å². The Hall–Kier alpha value is -3.35. The first-order valence-corrected chi connectivity index (χ1v) is 8.54. The average molecular weight is 389 g/mol. The summed E-state index contributed by atoms with van der Waals surface area (Å²) in [4.78, 5) is 18.4. The second-order valence-electron chi connectivity index (χ2n) is 6.72. The molecule has 1 atom stereocenters. The normalized spacial score (nSPS) is 15.5. The molecule has 10 heteroatoms. The highest BCUT2D eigenvalue weighted by Gasteiger charge is 2.37. The molecule has 144 valence electrons. The van der Waals surface area contributed by atoms with Crippen molar-refractivity contribution < 1.29 is 18.3 Å². The summed E-state index contributed by atoms with van der Waals surface area (Å²) < 4.78 is 40.1. The molecule has 2 N–H and O–H groups in total. The zero-order valence-corrected chi connectivity index (χ0v) is 14.4. The molecule has 1 aromatic carbocycles. The van der Waals surface area contributed by atoms with Crippen LogP contribution in [-0.4, -0.2) is 24.9 Å². The van der Waals surface area contributed by atoms with Crippen molar-refractivity contribution in [2.24, 2.45) is 5.92 Å². The summed E-state index contributed by atoms with van der Waals surface area (Å²) >= 11 is 0. The third-order valence-corrected chi connectivity index (χ3v) is 4.78. The number of rotatable bonds is 4. The van der Waals surface area contributed by atoms with Crippen LogP contribution in [0.3, 0.4) is 0 Å². The minimum absolute atomic E-state index is 0.0944. The fourth-order valence-electron chi connectivity index (χ4n) is 3.39. The Labute approximate surface area is 156 Å². The Morgan fingerprint density at radius 2 is 2.00 bits per heavy atom. The van der Waals surface area contributed by atoms with Gasteiger partial charge in [0.25, 0.3) is 11.6 Å². The smallest absolute Gasteiger partial charge is 0.416 e. The number of aromatic hydroxyl groups is 1. The number of benzene rings is 1. The van der Waals surface area contributed by atoms with Crippen LogP contribution in [0.2, 0.25) is 0 Å². The summed E-state index contributed by atoms with van der Waals surface area (Å²) in [5.74, 6) is 0.109. The number of fused-ring (bicyclic) bond motifs is 1. The van der Waals surface area contributed by atoms with E-state index >= 15 is 0 Å². The van der Waals surface area contributed by atoms with Gasteiger partial charge >= 0.3 is 6.18 Å². The first-order chi connectivity index (χ1) is 13.3. The van der Waals surface area contributed by atoms with Gasteiger partial charge in [0, 0.05) is 0 Å². The van der Waals surface area contributed by atoms with Crippen LogP contribution in [0.15, 0.2) is 29.1 Å². The van der Waals surface area contributed by atoms with E-state index in [0.29, 0.717) is 5.56 Å². The Morgan fingerprint density at radius 3 is 2.57 bits per heavy atom. The third kappa shape index (κ3) is 3.09. The summed E-state index contributed by atoms with van der Waals surface area (Å²) in [6, 6.07) is 5.67. The highest BCUT2D eigenvalue weighted by Crippen LogP contribution is 2.44. The molecule has 0 radical (unpaired) electrons. The van der Waals surface area contributed by atoms with Crippen molar-refractivity contribution in [1.82, 2.24) is 19.7 Å². The maximum Gasteiger partial charge on any atom is 0.416 e. The van der Waals surface area contributed by atoms with Gasteiger partial charge in [0.1, 0.15) is 5.39 Å². The fraction of sp³-hybridized carbons (Fsp3) is 0.333. The monoisotopic (exact) mass is 389 g/mol. The minimum atomic E-state index is -4.44. The highest BCUT2D eigenvalue weighted by atomic mass is 19.4. The van der Waals surface area contributed by atoms with Gasteiger partial charge in [0.15, 0.2) is 5.65 Å². The molecule has 2 aromatic heterocycles. The van der Waals surface area contributed by atoms with Crippen LogP contribution in [0.25, 0.3) is 11.0 Å². The largest absolute Gasteiger partial charge is 0.480 e. The summed E-state index contributed by atoms with van der Waals surface area (Å²) in [5.41, 5.74) is -0.480. The zero-order chi connectivity index (χ0) is 20.1. The van der Waals surface area contributed by atoms with Crippen molar-refractivity contribution in [3.63, 3.8) is 0 Å². The van der Waals surface area contributed by atoms with E-state index in [1.165, 1.54) is 16.8 Å². The Kier molecular flexibility index (Phi) is 4.10. The second kappa shape index (κ2) is 6.37. The maximum absolute atomic E-state index is 12.9. The van der Waals surface area contributed by atoms with Gasteiger partial charge in [-0.1, -0.05) is 12.1 Å². The number of nitrogens with one attached hydrogen (secondary N) is 1. The van der Waals surface area contributed by atoms with Crippen molar-refractivity contribution in [3.05, 3.63) is 51.4 Å². The molecular formula is C18H14F3N5O2. The van der Waals surface area contributed by atoms with Crippen LogP contribution in [0.4, 0.5) is 13.2 Å². The Bertz CT molecular complexity index is 1140. The van der Waals surface area contributed by atoms with E-state index < -0.39 is 29.4 Å². The molecule has 1 aliphatic rings. The third-order valence-electron chi connectivity index (χ3n) is 4.78. The van der Waals surface area contributed by atoms with Crippen molar-refractivity contribution in [3.8, 4) is 12.1 Å². The predicted octanol–water partition coefficient (Wildman–Crippen LogP) is 2.91. The SMILES string of the molecule is N#CCc1nn([C@H](c2ccc(C(F)(F)F)cc2)C2CC2)c2nc(O)[nH]c(=O)c12. The number of nitriles is 1. The molecular weight excluding hydrogens is 375 g/mol. The van der Waals surface area contributed by atoms with Gasteiger partial charge in [-0.25, -0.2) is 4.68 Å². The van der Waals surface area contributed by atoms with E-state index in [1.54, 1.807) is 0 Å². The van der Waals surface area contributed by atoms with Gasteiger partial charge in [0.2, 0.25) is 0 Å². The second-order valence-corrected chi connectivity index (χ2v) is 6.72. The molecule has 1 fully saturated rings. The minimum Gasteiger partial charge on any atom is -0.480 e. The summed E-state index contributed by atoms with van der Waals surface area (Å²) in [6.07, 6.45) is -2.89. The molecule has 2 heterocycles. The lowest BCUT2D eigenvalue weighted by molar-refractivity contribution is -0.137. The number of halogens is 3. The van der Waals surface area contributed by atoms with Crippen LogP contribution in [0.1, 0.15) is 35.7 Å². The topological polar surface area (TPSA) is 108 Å². The molecule has 0 spiro atoms. The van der Waals surface area contributed by atoms with Crippen LogP contribution < -0.4 is 5.56 Å². The van der Waals surface area contributed by atoms with E-state index in [0.717, 1.165) is 25.0 Å². The zero-order valence-electron chi connectivity index (χ0n) is 14.4. The maximum atomic E-state index is 12.9. The summed E-state index contributed by atoms with van der Waals surface area (Å²) in [7, 11) is 0. The van der Waals surface area contributed by atoms with Crippen molar-refractivity contribution in [1.29, 1.82) is 5.26 Å². The summed E-state index contributed by atoms with van der Waals surface area (Å²) in [5, 5.41) is 23.2. The number of alkyl halides is 3.